The van der Waals surface area contributed by atoms with Crippen LogP contribution in [0.1, 0.15) is 23.2 Å². The Morgan fingerprint density at radius 3 is 3.00 bits per heavy atom. The highest BCUT2D eigenvalue weighted by atomic mass is 15.3. The van der Waals surface area contributed by atoms with Crippen LogP contribution >= 0.6 is 0 Å². The van der Waals surface area contributed by atoms with Gasteiger partial charge in [0.25, 0.3) is 0 Å². The van der Waals surface area contributed by atoms with Crippen molar-refractivity contribution in [2.24, 2.45) is 7.05 Å². The molecule has 0 atom stereocenters. The predicted octanol–water partition coefficient (Wildman–Crippen LogP) is 3.52. The molecule has 3 nitrogen and oxygen atoms in total. The Hall–Kier alpha value is -2.29. The van der Waals surface area contributed by atoms with Crippen LogP contribution in [-0.2, 0) is 19.9 Å². The molecule has 1 aliphatic heterocycles. The van der Waals surface area contributed by atoms with E-state index in [1.165, 1.54) is 46.3 Å². The zero-order valence-electron chi connectivity index (χ0n) is 12.3. The van der Waals surface area contributed by atoms with Crippen molar-refractivity contribution >= 4 is 16.6 Å². The molecule has 21 heavy (non-hydrogen) atoms. The molecule has 4 rings (SSSR count). The van der Waals surface area contributed by atoms with Crippen LogP contribution in [0.2, 0.25) is 0 Å². The number of rotatable bonds is 2. The summed E-state index contributed by atoms with van der Waals surface area (Å²) in [6.45, 7) is 1.09. The van der Waals surface area contributed by atoms with Gasteiger partial charge in [-0.25, -0.2) is 0 Å². The quantitative estimate of drug-likeness (QED) is 0.776. The van der Waals surface area contributed by atoms with E-state index >= 15 is 0 Å². The molecule has 0 bridgehead atoms. The maximum Gasteiger partial charge on any atom is 0.0747 e. The maximum atomic E-state index is 4.73. The Labute approximate surface area is 124 Å². The number of nitrogens with one attached hydrogen (secondary N) is 1. The number of nitrogens with zero attached hydrogens (tertiary/aromatic N) is 2. The molecule has 3 aromatic rings. The third-order valence-corrected chi connectivity index (χ3v) is 4.38. The van der Waals surface area contributed by atoms with Gasteiger partial charge in [0.1, 0.15) is 0 Å². The Bertz CT molecular complexity index is 801. The normalized spacial score (nSPS) is 14.0. The molecule has 106 valence electrons. The van der Waals surface area contributed by atoms with Crippen molar-refractivity contribution in [3.8, 4) is 0 Å². The minimum Gasteiger partial charge on any atom is -0.385 e. The van der Waals surface area contributed by atoms with Gasteiger partial charge in [0.05, 0.1) is 11.2 Å². The van der Waals surface area contributed by atoms with E-state index in [1.807, 2.05) is 11.7 Å². The lowest BCUT2D eigenvalue weighted by Crippen LogP contribution is -2.13. The lowest BCUT2D eigenvalue weighted by atomic mass is 9.94. The number of aromatic nitrogens is 2. The molecule has 1 aliphatic rings. The summed E-state index contributed by atoms with van der Waals surface area (Å²) in [6.07, 6.45) is 3.29. The highest BCUT2D eigenvalue weighted by molar-refractivity contribution is 5.82. The first-order valence-electron chi connectivity index (χ1n) is 7.58. The van der Waals surface area contributed by atoms with E-state index in [-0.39, 0.29) is 0 Å². The predicted molar refractivity (Wildman–Crippen MR) is 86.8 cm³/mol. The fourth-order valence-corrected chi connectivity index (χ4v) is 3.35. The standard InChI is InChI=1S/C18H19N3/c1-21-18-10-3-2-7-15(18)17(20-21)12-13-6-4-9-16-14(13)8-5-11-19-16/h2-4,6-7,9-10,19H,5,8,11-12H2,1H3. The molecular weight excluding hydrogens is 258 g/mol. The van der Waals surface area contributed by atoms with Crippen LogP contribution in [0, 0.1) is 0 Å². The summed E-state index contributed by atoms with van der Waals surface area (Å²) in [5.41, 5.74) is 6.56. The van der Waals surface area contributed by atoms with Crippen LogP contribution in [-0.4, -0.2) is 16.3 Å². The highest BCUT2D eigenvalue weighted by Crippen LogP contribution is 2.28. The molecule has 2 heterocycles. The SMILES string of the molecule is Cn1nc(Cc2cccc3c2CCCN3)c2ccccc21. The van der Waals surface area contributed by atoms with Crippen LogP contribution in [0.4, 0.5) is 5.69 Å². The molecule has 0 saturated carbocycles. The van der Waals surface area contributed by atoms with E-state index in [1.54, 1.807) is 0 Å². The van der Waals surface area contributed by atoms with E-state index in [4.69, 9.17) is 5.10 Å². The fourth-order valence-electron chi connectivity index (χ4n) is 3.35. The monoisotopic (exact) mass is 277 g/mol. The number of para-hydroxylation sites is 1. The van der Waals surface area contributed by atoms with Crippen molar-refractivity contribution in [2.75, 3.05) is 11.9 Å². The van der Waals surface area contributed by atoms with Crippen molar-refractivity contribution in [2.45, 2.75) is 19.3 Å². The molecular formula is C18H19N3. The van der Waals surface area contributed by atoms with Crippen LogP contribution < -0.4 is 5.32 Å². The summed E-state index contributed by atoms with van der Waals surface area (Å²) < 4.78 is 1.98. The van der Waals surface area contributed by atoms with E-state index in [0.717, 1.165) is 13.0 Å². The summed E-state index contributed by atoms with van der Waals surface area (Å²) in [5.74, 6) is 0. The fraction of sp³-hybridized carbons (Fsp3) is 0.278. The molecule has 0 fully saturated rings. The lowest BCUT2D eigenvalue weighted by Gasteiger charge is -2.20. The van der Waals surface area contributed by atoms with Gasteiger partial charge < -0.3 is 5.32 Å². The van der Waals surface area contributed by atoms with Crippen LogP contribution in [0.25, 0.3) is 10.9 Å². The van der Waals surface area contributed by atoms with Gasteiger partial charge >= 0.3 is 0 Å². The molecule has 0 amide bonds. The Balaban J connectivity index is 1.79. The topological polar surface area (TPSA) is 29.9 Å². The summed E-state index contributed by atoms with van der Waals surface area (Å²) >= 11 is 0. The minimum atomic E-state index is 0.909. The molecule has 0 spiro atoms. The number of aryl methyl sites for hydroxylation is 1. The van der Waals surface area contributed by atoms with Gasteiger partial charge in [-0.1, -0.05) is 30.3 Å². The number of hydrogen-bond donors (Lipinski definition) is 1. The van der Waals surface area contributed by atoms with Gasteiger partial charge in [-0.3, -0.25) is 4.68 Å². The molecule has 0 aliphatic carbocycles. The summed E-state index contributed by atoms with van der Waals surface area (Å²) in [6, 6.07) is 15.1. The van der Waals surface area contributed by atoms with Gasteiger partial charge in [-0.2, -0.15) is 5.10 Å². The molecule has 1 N–H and O–H groups in total. The molecule has 0 radical (unpaired) electrons. The van der Waals surface area contributed by atoms with Crippen LogP contribution in [0.5, 0.6) is 0 Å². The number of fused-ring (bicyclic) bond motifs is 2. The van der Waals surface area contributed by atoms with Crippen molar-refractivity contribution in [1.82, 2.24) is 9.78 Å². The molecule has 2 aromatic carbocycles. The van der Waals surface area contributed by atoms with Gasteiger partial charge in [0.2, 0.25) is 0 Å². The van der Waals surface area contributed by atoms with Gasteiger partial charge in [0.15, 0.2) is 0 Å². The van der Waals surface area contributed by atoms with Crippen molar-refractivity contribution in [3.05, 3.63) is 59.3 Å². The zero-order valence-corrected chi connectivity index (χ0v) is 12.3. The largest absolute Gasteiger partial charge is 0.385 e. The molecule has 0 saturated heterocycles. The number of benzene rings is 2. The van der Waals surface area contributed by atoms with E-state index < -0.39 is 0 Å². The average Bonchev–Trinajstić information content (AvgIpc) is 2.85. The highest BCUT2D eigenvalue weighted by Gasteiger charge is 2.15. The van der Waals surface area contributed by atoms with Crippen molar-refractivity contribution in [3.63, 3.8) is 0 Å². The van der Waals surface area contributed by atoms with Crippen molar-refractivity contribution in [1.29, 1.82) is 0 Å². The minimum absolute atomic E-state index is 0.909. The number of hydrogen-bond acceptors (Lipinski definition) is 2. The zero-order chi connectivity index (χ0) is 14.2. The lowest BCUT2D eigenvalue weighted by molar-refractivity contribution is 0.769. The molecule has 1 aromatic heterocycles. The maximum absolute atomic E-state index is 4.73. The summed E-state index contributed by atoms with van der Waals surface area (Å²) in [7, 11) is 2.02. The van der Waals surface area contributed by atoms with Crippen molar-refractivity contribution < 1.29 is 0 Å². The second kappa shape index (κ2) is 4.92. The van der Waals surface area contributed by atoms with E-state index in [0.29, 0.717) is 0 Å². The molecule has 3 heteroatoms. The second-order valence-corrected chi connectivity index (χ2v) is 5.74. The van der Waals surface area contributed by atoms with Crippen LogP contribution in [0.15, 0.2) is 42.5 Å². The van der Waals surface area contributed by atoms with E-state index in [2.05, 4.69) is 47.8 Å². The Morgan fingerprint density at radius 2 is 2.05 bits per heavy atom. The summed E-state index contributed by atoms with van der Waals surface area (Å²) in [4.78, 5) is 0. The third-order valence-electron chi connectivity index (χ3n) is 4.38. The number of anilines is 1. The first-order chi connectivity index (χ1) is 10.3. The van der Waals surface area contributed by atoms with E-state index in [9.17, 15) is 0 Å². The van der Waals surface area contributed by atoms with Gasteiger partial charge in [0, 0.05) is 31.1 Å². The Kier molecular flexibility index (Phi) is 2.92. The smallest absolute Gasteiger partial charge is 0.0747 e. The van der Waals surface area contributed by atoms with Gasteiger partial charge in [-0.15, -0.1) is 0 Å². The summed E-state index contributed by atoms with van der Waals surface area (Å²) in [5, 5.41) is 9.50. The van der Waals surface area contributed by atoms with Crippen LogP contribution in [0.3, 0.4) is 0 Å². The first-order valence-corrected chi connectivity index (χ1v) is 7.58. The molecule has 0 unspecified atom stereocenters. The average molecular weight is 277 g/mol. The first kappa shape index (κ1) is 12.5. The second-order valence-electron chi connectivity index (χ2n) is 5.74. The van der Waals surface area contributed by atoms with Gasteiger partial charge in [-0.05, 0) is 36.1 Å². The third kappa shape index (κ3) is 2.09. The Morgan fingerprint density at radius 1 is 1.14 bits per heavy atom.